The van der Waals surface area contributed by atoms with Crippen LogP contribution in [0.4, 0.5) is 4.39 Å². The average Bonchev–Trinajstić information content (AvgIpc) is 2.98. The first-order valence-corrected chi connectivity index (χ1v) is 9.11. The molecule has 0 aliphatic rings. The van der Waals surface area contributed by atoms with E-state index in [1.165, 1.54) is 17.8 Å². The second-order valence-electron chi connectivity index (χ2n) is 5.16. The molecule has 1 N–H and O–H groups in total. The Balaban J connectivity index is 1.53. The monoisotopic (exact) mass is 398 g/mol. The van der Waals surface area contributed by atoms with E-state index in [0.717, 1.165) is 0 Å². The van der Waals surface area contributed by atoms with Crippen molar-refractivity contribution in [2.45, 2.75) is 11.6 Å². The first kappa shape index (κ1) is 18.0. The van der Waals surface area contributed by atoms with E-state index < -0.39 is 0 Å². The summed E-state index contributed by atoms with van der Waals surface area (Å²) in [5.41, 5.74) is 1.05. The van der Waals surface area contributed by atoms with Crippen molar-refractivity contribution in [3.8, 4) is 0 Å². The molecular weight excluding hydrogens is 386 g/mol. The van der Waals surface area contributed by atoms with Crippen LogP contribution in [0.3, 0.4) is 0 Å². The number of halogens is 3. The summed E-state index contributed by atoms with van der Waals surface area (Å²) >= 11 is 13.2. The van der Waals surface area contributed by atoms with Crippen LogP contribution in [-0.4, -0.2) is 32.8 Å². The van der Waals surface area contributed by atoms with Crippen LogP contribution in [0.1, 0.15) is 5.56 Å². The zero-order chi connectivity index (χ0) is 17.8. The number of hydrogen-bond donors (Lipinski definition) is 1. The van der Waals surface area contributed by atoms with Crippen LogP contribution in [0.15, 0.2) is 41.7 Å². The third-order valence-electron chi connectivity index (χ3n) is 3.40. The molecule has 0 unspecified atom stereocenters. The van der Waals surface area contributed by atoms with Crippen molar-refractivity contribution in [3.05, 3.63) is 58.0 Å². The molecule has 0 saturated carbocycles. The van der Waals surface area contributed by atoms with Gasteiger partial charge in [0.15, 0.2) is 10.8 Å². The molecule has 3 aromatic rings. The van der Waals surface area contributed by atoms with E-state index in [2.05, 4.69) is 15.5 Å². The number of nitrogens with one attached hydrogen (secondary N) is 1. The number of thioether (sulfide) groups is 1. The summed E-state index contributed by atoms with van der Waals surface area (Å²) < 4.78 is 15.1. The van der Waals surface area contributed by atoms with E-state index in [9.17, 15) is 9.18 Å². The Morgan fingerprint density at radius 2 is 2.08 bits per heavy atom. The Morgan fingerprint density at radius 3 is 2.88 bits per heavy atom. The minimum absolute atomic E-state index is 0.155. The smallest absolute Gasteiger partial charge is 0.230 e. The summed E-state index contributed by atoms with van der Waals surface area (Å²) in [4.78, 5) is 11.9. The second kappa shape index (κ2) is 8.03. The highest BCUT2D eigenvalue weighted by atomic mass is 35.5. The molecule has 0 radical (unpaired) electrons. The lowest BCUT2D eigenvalue weighted by Crippen LogP contribution is -2.27. The maximum absolute atomic E-state index is 13.5. The van der Waals surface area contributed by atoms with Crippen LogP contribution in [0, 0.1) is 5.82 Å². The standard InChI is InChI=1S/C16H13Cl2FN4OS/c17-11-7-12(18)15-21-22-16(23(15)8-11)25-9-14(24)20-6-5-10-3-1-2-4-13(10)19/h1-4,7-8H,5-6,9H2,(H,20,24). The molecule has 0 saturated heterocycles. The number of fused-ring (bicyclic) bond motifs is 1. The molecule has 0 atom stereocenters. The molecule has 0 bridgehead atoms. The minimum atomic E-state index is -0.269. The number of carbonyl (C=O) groups is 1. The lowest BCUT2D eigenvalue weighted by atomic mass is 10.1. The molecule has 3 rings (SSSR count). The summed E-state index contributed by atoms with van der Waals surface area (Å²) in [6.07, 6.45) is 2.07. The molecule has 25 heavy (non-hydrogen) atoms. The van der Waals surface area contributed by atoms with Gasteiger partial charge < -0.3 is 5.32 Å². The number of aromatic nitrogens is 3. The van der Waals surface area contributed by atoms with Crippen molar-refractivity contribution < 1.29 is 9.18 Å². The minimum Gasteiger partial charge on any atom is -0.355 e. The van der Waals surface area contributed by atoms with Crippen molar-refractivity contribution in [1.82, 2.24) is 19.9 Å². The highest BCUT2D eigenvalue weighted by Crippen LogP contribution is 2.25. The van der Waals surface area contributed by atoms with E-state index in [4.69, 9.17) is 23.2 Å². The van der Waals surface area contributed by atoms with Gasteiger partial charge >= 0.3 is 0 Å². The van der Waals surface area contributed by atoms with E-state index in [0.29, 0.717) is 39.4 Å². The summed E-state index contributed by atoms with van der Waals surface area (Å²) in [5, 5.41) is 12.1. The van der Waals surface area contributed by atoms with Gasteiger partial charge in [-0.25, -0.2) is 4.39 Å². The van der Waals surface area contributed by atoms with Gasteiger partial charge in [0.05, 0.1) is 15.8 Å². The third-order valence-corrected chi connectivity index (χ3v) is 4.83. The fraction of sp³-hybridized carbons (Fsp3) is 0.188. The van der Waals surface area contributed by atoms with Crippen molar-refractivity contribution in [2.75, 3.05) is 12.3 Å². The number of amides is 1. The number of pyridine rings is 1. The van der Waals surface area contributed by atoms with Crippen molar-refractivity contribution >= 4 is 46.5 Å². The van der Waals surface area contributed by atoms with Crippen molar-refractivity contribution in [1.29, 1.82) is 0 Å². The number of hydrogen-bond acceptors (Lipinski definition) is 4. The van der Waals surface area contributed by atoms with Gasteiger partial charge in [-0.1, -0.05) is 53.2 Å². The molecule has 0 spiro atoms. The van der Waals surface area contributed by atoms with Crippen molar-refractivity contribution in [2.24, 2.45) is 0 Å². The Kier molecular flexibility index (Phi) is 5.78. The maximum Gasteiger partial charge on any atom is 0.230 e. The van der Waals surface area contributed by atoms with Crippen LogP contribution >= 0.6 is 35.0 Å². The lowest BCUT2D eigenvalue weighted by molar-refractivity contribution is -0.118. The molecule has 1 amide bonds. The molecule has 9 heteroatoms. The fourth-order valence-corrected chi connectivity index (χ4v) is 3.47. The van der Waals surface area contributed by atoms with E-state index >= 15 is 0 Å². The van der Waals surface area contributed by atoms with Gasteiger partial charge in [0, 0.05) is 12.7 Å². The predicted molar refractivity (Wildman–Crippen MR) is 96.8 cm³/mol. The van der Waals surface area contributed by atoms with Crippen LogP contribution < -0.4 is 5.32 Å². The van der Waals surface area contributed by atoms with Crippen LogP contribution in [0.2, 0.25) is 10.0 Å². The molecule has 0 aliphatic carbocycles. The molecule has 0 aliphatic heterocycles. The maximum atomic E-state index is 13.5. The van der Waals surface area contributed by atoms with Gasteiger partial charge in [0.1, 0.15) is 5.82 Å². The SMILES string of the molecule is O=C(CSc1nnc2c(Cl)cc(Cl)cn12)NCCc1ccccc1F. The van der Waals surface area contributed by atoms with Gasteiger partial charge in [-0.05, 0) is 24.1 Å². The number of rotatable bonds is 6. The summed E-state index contributed by atoms with van der Waals surface area (Å²) in [6.45, 7) is 0.360. The molecule has 130 valence electrons. The third kappa shape index (κ3) is 4.42. The average molecular weight is 399 g/mol. The van der Waals surface area contributed by atoms with E-state index in [1.807, 2.05) is 0 Å². The fourth-order valence-electron chi connectivity index (χ4n) is 2.22. The van der Waals surface area contributed by atoms with Gasteiger partial charge in [0.25, 0.3) is 0 Å². The lowest BCUT2D eigenvalue weighted by Gasteiger charge is -2.06. The Morgan fingerprint density at radius 1 is 1.28 bits per heavy atom. The second-order valence-corrected chi connectivity index (χ2v) is 6.95. The molecular formula is C16H13Cl2FN4OS. The Bertz CT molecular complexity index is 918. The molecule has 0 fully saturated rings. The number of nitrogens with zero attached hydrogens (tertiary/aromatic N) is 3. The highest BCUT2D eigenvalue weighted by Gasteiger charge is 2.12. The van der Waals surface area contributed by atoms with Crippen LogP contribution in [-0.2, 0) is 11.2 Å². The first-order valence-electron chi connectivity index (χ1n) is 7.37. The first-order chi connectivity index (χ1) is 12.0. The molecule has 2 heterocycles. The summed E-state index contributed by atoms with van der Waals surface area (Å²) in [5.74, 6) is -0.289. The van der Waals surface area contributed by atoms with Gasteiger partial charge in [-0.15, -0.1) is 10.2 Å². The quantitative estimate of drug-likeness (QED) is 0.644. The summed E-state index contributed by atoms with van der Waals surface area (Å²) in [7, 11) is 0. The topological polar surface area (TPSA) is 59.3 Å². The number of carbonyl (C=O) groups excluding carboxylic acids is 1. The van der Waals surface area contributed by atoms with E-state index in [-0.39, 0.29) is 17.5 Å². The molecule has 1 aromatic carbocycles. The van der Waals surface area contributed by atoms with Crippen LogP contribution in [0.25, 0.3) is 5.65 Å². The largest absolute Gasteiger partial charge is 0.355 e. The highest BCUT2D eigenvalue weighted by molar-refractivity contribution is 7.99. The van der Waals surface area contributed by atoms with Crippen molar-refractivity contribution in [3.63, 3.8) is 0 Å². The van der Waals surface area contributed by atoms with E-state index in [1.54, 1.807) is 34.9 Å². The Labute approximate surface area is 157 Å². The predicted octanol–water partition coefficient (Wildman–Crippen LogP) is 3.63. The van der Waals surface area contributed by atoms with Gasteiger partial charge in [0.2, 0.25) is 5.91 Å². The zero-order valence-corrected chi connectivity index (χ0v) is 15.2. The van der Waals surface area contributed by atoms with Crippen LogP contribution in [0.5, 0.6) is 0 Å². The summed E-state index contributed by atoms with van der Waals surface area (Å²) in [6, 6.07) is 8.08. The van der Waals surface area contributed by atoms with Gasteiger partial charge in [-0.3, -0.25) is 9.20 Å². The molecule has 5 nitrogen and oxygen atoms in total. The Hall–Kier alpha value is -1.83. The number of benzene rings is 1. The zero-order valence-electron chi connectivity index (χ0n) is 12.9. The normalized spacial score (nSPS) is 11.0. The van der Waals surface area contributed by atoms with Gasteiger partial charge in [-0.2, -0.15) is 0 Å². The molecule has 2 aromatic heterocycles.